The highest BCUT2D eigenvalue weighted by atomic mass is 19.1. The van der Waals surface area contributed by atoms with E-state index in [4.69, 9.17) is 4.74 Å². The predicted molar refractivity (Wildman–Crippen MR) is 112 cm³/mol. The highest BCUT2D eigenvalue weighted by Gasteiger charge is 2.27. The maximum Gasteiger partial charge on any atom is 0.328 e. The van der Waals surface area contributed by atoms with E-state index in [0.29, 0.717) is 11.1 Å². The number of hydrogen-bond acceptors (Lipinski definition) is 4. The van der Waals surface area contributed by atoms with Crippen molar-refractivity contribution in [3.8, 4) is 0 Å². The molecule has 158 valence electrons. The molecule has 1 atom stereocenters. The zero-order valence-electron chi connectivity index (χ0n) is 17.1. The predicted octanol–water partition coefficient (Wildman–Crippen LogP) is 3.30. The van der Waals surface area contributed by atoms with E-state index in [1.54, 1.807) is 51.1 Å². The SMILES string of the molecule is CCOC(=O)[C@@H](NC(=O)/C(=C/c1ccc(F)cc1)NC(=O)c1ccccc1)C(C)C. The van der Waals surface area contributed by atoms with E-state index in [9.17, 15) is 18.8 Å². The van der Waals surface area contributed by atoms with E-state index >= 15 is 0 Å². The third-order valence-electron chi connectivity index (χ3n) is 4.20. The molecule has 2 N–H and O–H groups in total. The van der Waals surface area contributed by atoms with Gasteiger partial charge >= 0.3 is 5.97 Å². The molecule has 0 aliphatic rings. The summed E-state index contributed by atoms with van der Waals surface area (Å²) in [6.07, 6.45) is 1.41. The summed E-state index contributed by atoms with van der Waals surface area (Å²) in [7, 11) is 0. The Hall–Kier alpha value is -3.48. The number of hydrogen-bond donors (Lipinski definition) is 2. The smallest absolute Gasteiger partial charge is 0.328 e. The molecule has 0 aromatic heterocycles. The Balaban J connectivity index is 2.31. The van der Waals surface area contributed by atoms with Gasteiger partial charge in [-0.1, -0.05) is 44.2 Å². The topological polar surface area (TPSA) is 84.5 Å². The van der Waals surface area contributed by atoms with Gasteiger partial charge in [-0.2, -0.15) is 0 Å². The summed E-state index contributed by atoms with van der Waals surface area (Å²) >= 11 is 0. The Labute approximate surface area is 175 Å². The van der Waals surface area contributed by atoms with Gasteiger partial charge in [-0.3, -0.25) is 9.59 Å². The monoisotopic (exact) mass is 412 g/mol. The van der Waals surface area contributed by atoms with Crippen molar-refractivity contribution in [1.29, 1.82) is 0 Å². The molecule has 7 heteroatoms. The largest absolute Gasteiger partial charge is 0.464 e. The van der Waals surface area contributed by atoms with Gasteiger partial charge in [-0.05, 0) is 48.7 Å². The fraction of sp³-hybridized carbons (Fsp3) is 0.261. The molecule has 0 aliphatic carbocycles. The van der Waals surface area contributed by atoms with Crippen molar-refractivity contribution in [2.75, 3.05) is 6.61 Å². The van der Waals surface area contributed by atoms with Crippen LogP contribution in [-0.4, -0.2) is 30.4 Å². The number of carbonyl (C=O) groups excluding carboxylic acids is 3. The fourth-order valence-corrected chi connectivity index (χ4v) is 2.62. The average molecular weight is 412 g/mol. The quantitative estimate of drug-likeness (QED) is 0.515. The number of halogens is 1. The lowest BCUT2D eigenvalue weighted by Crippen LogP contribution is -2.47. The van der Waals surface area contributed by atoms with Crippen LogP contribution >= 0.6 is 0 Å². The zero-order valence-corrected chi connectivity index (χ0v) is 17.1. The van der Waals surface area contributed by atoms with E-state index in [1.165, 1.54) is 30.3 Å². The summed E-state index contributed by atoms with van der Waals surface area (Å²) < 4.78 is 18.2. The van der Waals surface area contributed by atoms with Crippen LogP contribution in [0.4, 0.5) is 4.39 Å². The summed E-state index contributed by atoms with van der Waals surface area (Å²) in [5, 5.41) is 5.19. The number of esters is 1. The molecule has 0 radical (unpaired) electrons. The number of rotatable bonds is 8. The van der Waals surface area contributed by atoms with Crippen molar-refractivity contribution in [2.24, 2.45) is 5.92 Å². The lowest BCUT2D eigenvalue weighted by molar-refractivity contribution is -0.148. The molecule has 0 bridgehead atoms. The summed E-state index contributed by atoms with van der Waals surface area (Å²) in [6, 6.07) is 12.9. The van der Waals surface area contributed by atoms with E-state index in [-0.39, 0.29) is 18.2 Å². The molecule has 2 amide bonds. The van der Waals surface area contributed by atoms with Crippen molar-refractivity contribution in [2.45, 2.75) is 26.8 Å². The van der Waals surface area contributed by atoms with Crippen molar-refractivity contribution in [3.05, 3.63) is 77.2 Å². The third kappa shape index (κ3) is 6.55. The minimum atomic E-state index is -0.886. The highest BCUT2D eigenvalue weighted by Crippen LogP contribution is 2.11. The van der Waals surface area contributed by atoms with Gasteiger partial charge in [0.1, 0.15) is 17.6 Å². The van der Waals surface area contributed by atoms with Crippen LogP contribution in [0.5, 0.6) is 0 Å². The van der Waals surface area contributed by atoms with Crippen LogP contribution in [-0.2, 0) is 14.3 Å². The van der Waals surface area contributed by atoms with Gasteiger partial charge in [0.2, 0.25) is 0 Å². The molecule has 2 rings (SSSR count). The van der Waals surface area contributed by atoms with Gasteiger partial charge in [0.25, 0.3) is 11.8 Å². The minimum Gasteiger partial charge on any atom is -0.464 e. The first-order valence-corrected chi connectivity index (χ1v) is 9.63. The van der Waals surface area contributed by atoms with E-state index in [2.05, 4.69) is 10.6 Å². The van der Waals surface area contributed by atoms with Crippen LogP contribution in [0.15, 0.2) is 60.3 Å². The minimum absolute atomic E-state index is 0.0783. The van der Waals surface area contributed by atoms with Crippen LogP contribution in [0, 0.1) is 11.7 Å². The normalized spacial score (nSPS) is 12.2. The second kappa shape index (κ2) is 10.9. The number of benzene rings is 2. The van der Waals surface area contributed by atoms with Gasteiger partial charge < -0.3 is 15.4 Å². The Bertz CT molecular complexity index is 909. The van der Waals surface area contributed by atoms with Crippen molar-refractivity contribution >= 4 is 23.9 Å². The van der Waals surface area contributed by atoms with Gasteiger partial charge in [0, 0.05) is 5.56 Å². The summed E-state index contributed by atoms with van der Waals surface area (Å²) in [5.74, 6) is -2.36. The standard InChI is InChI=1S/C23H25FN2O4/c1-4-30-23(29)20(15(2)3)26-22(28)19(14-16-10-12-18(24)13-11-16)25-21(27)17-8-6-5-7-9-17/h5-15,20H,4H2,1-3H3,(H,25,27)(H,26,28)/b19-14-/t20-/m0/s1. The van der Waals surface area contributed by atoms with Gasteiger partial charge in [0.05, 0.1) is 6.61 Å². The van der Waals surface area contributed by atoms with Crippen LogP contribution in [0.2, 0.25) is 0 Å². The summed E-state index contributed by atoms with van der Waals surface area (Å²) in [4.78, 5) is 37.7. The average Bonchev–Trinajstić information content (AvgIpc) is 2.73. The molecule has 0 saturated carbocycles. The van der Waals surface area contributed by atoms with Gasteiger partial charge in [-0.25, -0.2) is 9.18 Å². The molecule has 0 unspecified atom stereocenters. The molecule has 30 heavy (non-hydrogen) atoms. The number of carbonyl (C=O) groups is 3. The molecule has 2 aromatic carbocycles. The number of amides is 2. The Morgan fingerprint density at radius 2 is 1.67 bits per heavy atom. The van der Waals surface area contributed by atoms with Crippen molar-refractivity contribution < 1.29 is 23.5 Å². The molecule has 0 saturated heterocycles. The van der Waals surface area contributed by atoms with Crippen LogP contribution in [0.25, 0.3) is 6.08 Å². The molecule has 0 aliphatic heterocycles. The lowest BCUT2D eigenvalue weighted by Gasteiger charge is -2.21. The Morgan fingerprint density at radius 1 is 1.03 bits per heavy atom. The fourth-order valence-electron chi connectivity index (χ4n) is 2.62. The van der Waals surface area contributed by atoms with Crippen LogP contribution in [0.3, 0.4) is 0 Å². The molecule has 0 fully saturated rings. The number of ether oxygens (including phenoxy) is 1. The second-order valence-electron chi connectivity index (χ2n) is 6.88. The van der Waals surface area contributed by atoms with Crippen LogP contribution < -0.4 is 10.6 Å². The van der Waals surface area contributed by atoms with E-state index < -0.39 is 29.6 Å². The summed E-state index contributed by atoms with van der Waals surface area (Å²) in [5.41, 5.74) is 0.790. The second-order valence-corrected chi connectivity index (χ2v) is 6.88. The third-order valence-corrected chi connectivity index (χ3v) is 4.20. The van der Waals surface area contributed by atoms with E-state index in [0.717, 1.165) is 0 Å². The number of nitrogens with one attached hydrogen (secondary N) is 2. The molecule has 2 aromatic rings. The molecule has 6 nitrogen and oxygen atoms in total. The molecular formula is C23H25FN2O4. The molecular weight excluding hydrogens is 387 g/mol. The van der Waals surface area contributed by atoms with Crippen LogP contribution in [0.1, 0.15) is 36.7 Å². The highest BCUT2D eigenvalue weighted by molar-refractivity contribution is 6.06. The Kier molecular flexibility index (Phi) is 8.29. The first-order valence-electron chi connectivity index (χ1n) is 9.63. The first kappa shape index (κ1) is 22.8. The molecule has 0 spiro atoms. The van der Waals surface area contributed by atoms with Gasteiger partial charge in [-0.15, -0.1) is 0 Å². The Morgan fingerprint density at radius 3 is 2.23 bits per heavy atom. The maximum absolute atomic E-state index is 13.2. The van der Waals surface area contributed by atoms with E-state index in [1.807, 2.05) is 0 Å². The van der Waals surface area contributed by atoms with Crippen molar-refractivity contribution in [3.63, 3.8) is 0 Å². The first-order chi connectivity index (χ1) is 14.3. The van der Waals surface area contributed by atoms with Crippen molar-refractivity contribution in [1.82, 2.24) is 10.6 Å². The van der Waals surface area contributed by atoms with Gasteiger partial charge in [0.15, 0.2) is 0 Å². The lowest BCUT2D eigenvalue weighted by atomic mass is 10.0. The summed E-state index contributed by atoms with van der Waals surface area (Å²) in [6.45, 7) is 5.40. The molecule has 0 heterocycles. The maximum atomic E-state index is 13.2. The zero-order chi connectivity index (χ0) is 22.1.